The van der Waals surface area contributed by atoms with Crippen molar-refractivity contribution < 1.29 is 4.74 Å². The quantitative estimate of drug-likeness (QED) is 0.932. The lowest BCUT2D eigenvalue weighted by Crippen LogP contribution is -2.03. The summed E-state index contributed by atoms with van der Waals surface area (Å²) in [6.45, 7) is 6.91. The summed E-state index contributed by atoms with van der Waals surface area (Å²) in [4.78, 5) is 5.97. The van der Waals surface area contributed by atoms with Crippen LogP contribution in [0.3, 0.4) is 0 Å². The van der Waals surface area contributed by atoms with Gasteiger partial charge in [-0.05, 0) is 57.0 Å². The minimum absolute atomic E-state index is 0.656. The van der Waals surface area contributed by atoms with E-state index >= 15 is 0 Å². The van der Waals surface area contributed by atoms with E-state index in [-0.39, 0.29) is 0 Å². The molecular formula is C15H20N2OS. The van der Waals surface area contributed by atoms with Crippen LogP contribution in [0.5, 0.6) is 5.75 Å². The summed E-state index contributed by atoms with van der Waals surface area (Å²) in [6, 6.07) is 4.12. The van der Waals surface area contributed by atoms with E-state index in [1.807, 2.05) is 6.92 Å². The van der Waals surface area contributed by atoms with Crippen LogP contribution in [0.25, 0.3) is 11.3 Å². The van der Waals surface area contributed by atoms with Crippen molar-refractivity contribution in [1.82, 2.24) is 4.98 Å². The van der Waals surface area contributed by atoms with Crippen LogP contribution >= 0.6 is 11.3 Å². The fraction of sp³-hybridized carbons (Fsp3) is 0.400. The highest BCUT2D eigenvalue weighted by Crippen LogP contribution is 2.35. The molecule has 3 nitrogen and oxygen atoms in total. The molecule has 1 aromatic carbocycles. The van der Waals surface area contributed by atoms with Gasteiger partial charge in [-0.25, -0.2) is 4.98 Å². The maximum absolute atomic E-state index is 5.70. The third-order valence-electron chi connectivity index (χ3n) is 3.15. The molecule has 2 aromatic rings. The van der Waals surface area contributed by atoms with Crippen LogP contribution in [0.1, 0.15) is 21.0 Å². The predicted molar refractivity (Wildman–Crippen MR) is 81.1 cm³/mol. The molecule has 1 heterocycles. The highest BCUT2D eigenvalue weighted by atomic mass is 32.1. The second-order valence-corrected chi connectivity index (χ2v) is 5.97. The second kappa shape index (κ2) is 5.72. The van der Waals surface area contributed by atoms with Gasteiger partial charge in [0.15, 0.2) is 0 Å². The van der Waals surface area contributed by atoms with Crippen molar-refractivity contribution in [2.24, 2.45) is 5.73 Å². The molecule has 102 valence electrons. The summed E-state index contributed by atoms with van der Waals surface area (Å²) >= 11 is 1.74. The number of benzene rings is 1. The highest BCUT2D eigenvalue weighted by Gasteiger charge is 2.15. The Morgan fingerprint density at radius 2 is 1.84 bits per heavy atom. The van der Waals surface area contributed by atoms with Crippen LogP contribution in [-0.2, 0) is 6.42 Å². The van der Waals surface area contributed by atoms with Gasteiger partial charge in [0.25, 0.3) is 0 Å². The van der Waals surface area contributed by atoms with Crippen molar-refractivity contribution in [3.05, 3.63) is 33.1 Å². The van der Waals surface area contributed by atoms with E-state index in [9.17, 15) is 0 Å². The maximum Gasteiger partial charge on any atom is 0.119 e. The van der Waals surface area contributed by atoms with Gasteiger partial charge < -0.3 is 10.5 Å². The van der Waals surface area contributed by atoms with Crippen LogP contribution in [0, 0.1) is 20.8 Å². The van der Waals surface area contributed by atoms with Crippen LogP contribution in [0.15, 0.2) is 12.1 Å². The molecule has 0 unspecified atom stereocenters. The average molecular weight is 276 g/mol. The molecule has 4 heteroatoms. The van der Waals surface area contributed by atoms with Crippen molar-refractivity contribution >= 4 is 11.3 Å². The zero-order valence-electron chi connectivity index (χ0n) is 11.9. The molecule has 0 aliphatic carbocycles. The Kier molecular flexibility index (Phi) is 4.22. The van der Waals surface area contributed by atoms with Gasteiger partial charge in [0.1, 0.15) is 5.75 Å². The zero-order chi connectivity index (χ0) is 14.0. The number of aryl methyl sites for hydroxylation is 3. The Hall–Kier alpha value is -1.39. The van der Waals surface area contributed by atoms with Gasteiger partial charge in [0, 0.05) is 10.4 Å². The molecule has 0 atom stereocenters. The molecule has 19 heavy (non-hydrogen) atoms. The summed E-state index contributed by atoms with van der Waals surface area (Å²) in [6.07, 6.45) is 0.881. The molecule has 0 aliphatic rings. The summed E-state index contributed by atoms with van der Waals surface area (Å²) in [5.41, 5.74) is 10.4. The lowest BCUT2D eigenvalue weighted by Gasteiger charge is -2.12. The van der Waals surface area contributed by atoms with Crippen LogP contribution in [-0.4, -0.2) is 18.6 Å². The predicted octanol–water partition coefficient (Wildman–Crippen LogP) is 3.25. The highest BCUT2D eigenvalue weighted by molar-refractivity contribution is 7.12. The van der Waals surface area contributed by atoms with Gasteiger partial charge in [-0.15, -0.1) is 11.3 Å². The van der Waals surface area contributed by atoms with Crippen molar-refractivity contribution in [1.29, 1.82) is 0 Å². The van der Waals surface area contributed by atoms with Crippen molar-refractivity contribution in [2.45, 2.75) is 27.2 Å². The largest absolute Gasteiger partial charge is 0.497 e. The average Bonchev–Trinajstić information content (AvgIpc) is 2.70. The number of hydrogen-bond acceptors (Lipinski definition) is 4. The van der Waals surface area contributed by atoms with E-state index < -0.39 is 0 Å². The minimum Gasteiger partial charge on any atom is -0.497 e. The fourth-order valence-electron chi connectivity index (χ4n) is 2.38. The van der Waals surface area contributed by atoms with Crippen molar-refractivity contribution in [2.75, 3.05) is 13.7 Å². The van der Waals surface area contributed by atoms with Gasteiger partial charge in [-0.2, -0.15) is 0 Å². The van der Waals surface area contributed by atoms with Crippen LogP contribution < -0.4 is 10.5 Å². The fourth-order valence-corrected chi connectivity index (χ4v) is 3.34. The number of nitrogens with zero attached hydrogens (tertiary/aromatic N) is 1. The van der Waals surface area contributed by atoms with E-state index in [1.54, 1.807) is 18.4 Å². The van der Waals surface area contributed by atoms with Gasteiger partial charge >= 0.3 is 0 Å². The smallest absolute Gasteiger partial charge is 0.119 e. The molecule has 2 rings (SSSR count). The standard InChI is InChI=1S/C15H20N2OS/c1-9-7-12(18-4)8-10(2)14(9)15-13(5-6-16)19-11(3)17-15/h7-8H,5-6,16H2,1-4H3. The first-order valence-corrected chi connectivity index (χ1v) is 7.20. The maximum atomic E-state index is 5.70. The first-order chi connectivity index (χ1) is 9.06. The molecule has 0 radical (unpaired) electrons. The molecule has 0 aliphatic heterocycles. The molecular weight excluding hydrogens is 256 g/mol. The summed E-state index contributed by atoms with van der Waals surface area (Å²) in [5, 5.41) is 1.09. The number of rotatable bonds is 4. The molecule has 1 aromatic heterocycles. The number of aromatic nitrogens is 1. The third-order valence-corrected chi connectivity index (χ3v) is 4.18. The van der Waals surface area contributed by atoms with Crippen LogP contribution in [0.4, 0.5) is 0 Å². The summed E-state index contributed by atoms with van der Waals surface area (Å²) in [5.74, 6) is 0.895. The van der Waals surface area contributed by atoms with Gasteiger partial charge in [-0.1, -0.05) is 0 Å². The molecule has 0 amide bonds. The molecule has 0 spiro atoms. The number of thiazole rings is 1. The van der Waals surface area contributed by atoms with Gasteiger partial charge in [-0.3, -0.25) is 0 Å². The first kappa shape index (κ1) is 14.0. The van der Waals surface area contributed by atoms with E-state index in [4.69, 9.17) is 15.5 Å². The first-order valence-electron chi connectivity index (χ1n) is 6.38. The Bertz CT molecular complexity index is 567. The van der Waals surface area contributed by atoms with E-state index in [2.05, 4.69) is 26.0 Å². The molecule has 0 saturated heterocycles. The summed E-state index contributed by atoms with van der Waals surface area (Å²) in [7, 11) is 1.70. The molecule has 0 saturated carbocycles. The number of methoxy groups -OCH3 is 1. The second-order valence-electron chi connectivity index (χ2n) is 4.68. The number of ether oxygens (including phenoxy) is 1. The Balaban J connectivity index is 2.58. The summed E-state index contributed by atoms with van der Waals surface area (Å²) < 4.78 is 5.31. The van der Waals surface area contributed by atoms with Crippen LogP contribution in [0.2, 0.25) is 0 Å². The Labute approximate surface area is 118 Å². The molecule has 0 bridgehead atoms. The SMILES string of the molecule is COc1cc(C)c(-c2nc(C)sc2CCN)c(C)c1. The molecule has 0 fully saturated rings. The Morgan fingerprint density at radius 1 is 1.21 bits per heavy atom. The monoisotopic (exact) mass is 276 g/mol. The minimum atomic E-state index is 0.656. The number of nitrogens with two attached hydrogens (primary N) is 1. The van der Waals surface area contributed by atoms with E-state index in [0.29, 0.717) is 6.54 Å². The normalized spacial score (nSPS) is 10.8. The lowest BCUT2D eigenvalue weighted by molar-refractivity contribution is 0.414. The molecule has 2 N–H and O–H groups in total. The topological polar surface area (TPSA) is 48.1 Å². The third kappa shape index (κ3) is 2.80. The van der Waals surface area contributed by atoms with Crippen molar-refractivity contribution in [3.8, 4) is 17.0 Å². The Morgan fingerprint density at radius 3 is 2.37 bits per heavy atom. The van der Waals surface area contributed by atoms with Crippen molar-refractivity contribution in [3.63, 3.8) is 0 Å². The number of hydrogen-bond donors (Lipinski definition) is 1. The van der Waals surface area contributed by atoms with Gasteiger partial charge in [0.05, 0.1) is 17.8 Å². The van der Waals surface area contributed by atoms with Gasteiger partial charge in [0.2, 0.25) is 0 Å². The van der Waals surface area contributed by atoms with E-state index in [0.717, 1.165) is 22.9 Å². The van der Waals surface area contributed by atoms with E-state index in [1.165, 1.54) is 21.6 Å². The zero-order valence-corrected chi connectivity index (χ0v) is 12.7. The lowest BCUT2D eigenvalue weighted by atomic mass is 9.98.